The fraction of sp³-hybridized carbons (Fsp3) is 0.136. The third-order valence-electron chi connectivity index (χ3n) is 4.22. The van der Waals surface area contributed by atoms with Crippen LogP contribution in [0.1, 0.15) is 17.3 Å². The Morgan fingerprint density at radius 1 is 0.897 bits per heavy atom. The first-order valence-electron chi connectivity index (χ1n) is 8.99. The second kappa shape index (κ2) is 8.88. The molecule has 0 aliphatic carbocycles. The van der Waals surface area contributed by atoms with Crippen molar-refractivity contribution in [3.8, 4) is 5.75 Å². The summed E-state index contributed by atoms with van der Waals surface area (Å²) in [6, 6.07) is 18.0. The summed E-state index contributed by atoms with van der Waals surface area (Å²) in [6.07, 6.45) is 0. The minimum atomic E-state index is -0.391. The van der Waals surface area contributed by atoms with Crippen molar-refractivity contribution in [2.45, 2.75) is 6.92 Å². The number of rotatable bonds is 6. The van der Waals surface area contributed by atoms with Gasteiger partial charge in [0, 0.05) is 18.2 Å². The zero-order valence-electron chi connectivity index (χ0n) is 16.1. The van der Waals surface area contributed by atoms with Crippen LogP contribution < -0.4 is 20.7 Å². The molecular weight excluding hydrogens is 370 g/mol. The predicted octanol–water partition coefficient (Wildman–Crippen LogP) is 3.18. The third kappa shape index (κ3) is 5.10. The van der Waals surface area contributed by atoms with Gasteiger partial charge < -0.3 is 20.7 Å². The molecule has 7 nitrogen and oxygen atoms in total. The number of carbonyl (C=O) groups excluding carboxylic acids is 3. The highest BCUT2D eigenvalue weighted by Crippen LogP contribution is 2.27. The average Bonchev–Trinajstić information content (AvgIpc) is 2.71. The lowest BCUT2D eigenvalue weighted by atomic mass is 10.1. The zero-order chi connectivity index (χ0) is 20.8. The quantitative estimate of drug-likeness (QED) is 0.601. The van der Waals surface area contributed by atoms with Crippen LogP contribution in [0.5, 0.6) is 5.75 Å². The number of carbonyl (C=O) groups is 3. The van der Waals surface area contributed by atoms with Crippen LogP contribution in [-0.4, -0.2) is 31.4 Å². The molecule has 0 aliphatic heterocycles. The van der Waals surface area contributed by atoms with Crippen molar-refractivity contribution in [2.75, 3.05) is 24.3 Å². The van der Waals surface area contributed by atoms with Crippen molar-refractivity contribution < 1.29 is 19.1 Å². The highest BCUT2D eigenvalue weighted by Gasteiger charge is 2.11. The van der Waals surface area contributed by atoms with Gasteiger partial charge in [0.1, 0.15) is 5.75 Å². The highest BCUT2D eigenvalue weighted by atomic mass is 16.5. The van der Waals surface area contributed by atoms with E-state index in [1.54, 1.807) is 30.3 Å². The number of anilines is 2. The van der Waals surface area contributed by atoms with Crippen LogP contribution in [-0.2, 0) is 9.59 Å². The molecule has 0 aliphatic rings. The number of methoxy groups -OCH3 is 1. The maximum atomic E-state index is 12.3. The van der Waals surface area contributed by atoms with Crippen molar-refractivity contribution in [3.05, 3.63) is 66.2 Å². The summed E-state index contributed by atoms with van der Waals surface area (Å²) in [5.41, 5.74) is 1.39. The molecule has 3 aromatic carbocycles. The number of nitrogens with one attached hydrogen (secondary N) is 3. The Labute approximate surface area is 168 Å². The zero-order valence-corrected chi connectivity index (χ0v) is 16.1. The van der Waals surface area contributed by atoms with Gasteiger partial charge in [-0.05, 0) is 41.1 Å². The molecule has 3 rings (SSSR count). The van der Waals surface area contributed by atoms with Crippen LogP contribution in [0, 0.1) is 0 Å². The summed E-state index contributed by atoms with van der Waals surface area (Å²) in [5.74, 6) is -0.505. The molecule has 0 radical (unpaired) electrons. The van der Waals surface area contributed by atoms with Crippen molar-refractivity contribution >= 4 is 39.9 Å². The van der Waals surface area contributed by atoms with Crippen molar-refractivity contribution in [3.63, 3.8) is 0 Å². The van der Waals surface area contributed by atoms with Gasteiger partial charge in [-0.3, -0.25) is 14.4 Å². The van der Waals surface area contributed by atoms with E-state index in [9.17, 15) is 14.4 Å². The lowest BCUT2D eigenvalue weighted by Gasteiger charge is -2.12. The number of amides is 3. The molecule has 0 fully saturated rings. The van der Waals surface area contributed by atoms with E-state index >= 15 is 0 Å². The van der Waals surface area contributed by atoms with E-state index in [1.807, 2.05) is 30.3 Å². The monoisotopic (exact) mass is 391 g/mol. The van der Waals surface area contributed by atoms with E-state index in [1.165, 1.54) is 14.0 Å². The van der Waals surface area contributed by atoms with Crippen LogP contribution in [0.25, 0.3) is 10.8 Å². The summed E-state index contributed by atoms with van der Waals surface area (Å²) in [5, 5.41) is 9.92. The molecule has 7 heteroatoms. The van der Waals surface area contributed by atoms with Crippen molar-refractivity contribution in [1.82, 2.24) is 5.32 Å². The summed E-state index contributed by atoms with van der Waals surface area (Å²) >= 11 is 0. The molecule has 0 unspecified atom stereocenters. The second-order valence-electron chi connectivity index (χ2n) is 6.39. The van der Waals surface area contributed by atoms with Crippen LogP contribution in [0.4, 0.5) is 11.4 Å². The largest absolute Gasteiger partial charge is 0.495 e. The van der Waals surface area contributed by atoms with Gasteiger partial charge in [0.15, 0.2) is 0 Å². The maximum absolute atomic E-state index is 12.3. The molecule has 0 aromatic heterocycles. The number of hydrogen-bond acceptors (Lipinski definition) is 4. The molecule has 0 saturated heterocycles. The lowest BCUT2D eigenvalue weighted by molar-refractivity contribution is -0.115. The van der Waals surface area contributed by atoms with Gasteiger partial charge in [-0.1, -0.05) is 30.3 Å². The first kappa shape index (κ1) is 19.9. The SMILES string of the molecule is COc1ccc(NC(=O)CNC(=O)c2ccc3ccccc3c2)cc1NC(C)=O. The van der Waals surface area contributed by atoms with Crippen molar-refractivity contribution in [1.29, 1.82) is 0 Å². The molecule has 3 aromatic rings. The Morgan fingerprint density at radius 2 is 1.66 bits per heavy atom. The van der Waals surface area contributed by atoms with Crippen molar-refractivity contribution in [2.24, 2.45) is 0 Å². The number of hydrogen-bond donors (Lipinski definition) is 3. The Kier molecular flexibility index (Phi) is 6.09. The minimum absolute atomic E-state index is 0.187. The Hall–Kier alpha value is -3.87. The number of fused-ring (bicyclic) bond motifs is 1. The van der Waals surface area contributed by atoms with E-state index in [4.69, 9.17) is 4.74 Å². The average molecular weight is 391 g/mol. The summed E-state index contributed by atoms with van der Waals surface area (Å²) < 4.78 is 5.18. The van der Waals surface area contributed by atoms with Gasteiger partial charge in [0.05, 0.1) is 19.3 Å². The van der Waals surface area contributed by atoms with E-state index in [0.717, 1.165) is 10.8 Å². The Morgan fingerprint density at radius 3 is 2.38 bits per heavy atom. The number of benzene rings is 3. The van der Waals surface area contributed by atoms with E-state index in [2.05, 4.69) is 16.0 Å². The molecule has 0 saturated carbocycles. The highest BCUT2D eigenvalue weighted by molar-refractivity contribution is 6.02. The predicted molar refractivity (Wildman–Crippen MR) is 112 cm³/mol. The molecule has 148 valence electrons. The fourth-order valence-corrected chi connectivity index (χ4v) is 2.87. The summed E-state index contributed by atoms with van der Waals surface area (Å²) in [7, 11) is 1.49. The Balaban J connectivity index is 1.61. The normalized spacial score (nSPS) is 10.3. The summed E-state index contributed by atoms with van der Waals surface area (Å²) in [6.45, 7) is 1.19. The first-order chi connectivity index (χ1) is 14.0. The van der Waals surface area contributed by atoms with E-state index < -0.39 is 5.91 Å². The fourth-order valence-electron chi connectivity index (χ4n) is 2.87. The van der Waals surface area contributed by atoms with Gasteiger partial charge in [0.25, 0.3) is 5.91 Å². The summed E-state index contributed by atoms with van der Waals surface area (Å²) in [4.78, 5) is 35.9. The van der Waals surface area contributed by atoms with Crippen LogP contribution >= 0.6 is 0 Å². The Bertz CT molecular complexity index is 1080. The third-order valence-corrected chi connectivity index (χ3v) is 4.22. The van der Waals surface area contributed by atoms with E-state index in [0.29, 0.717) is 22.7 Å². The van der Waals surface area contributed by atoms with Gasteiger partial charge in [0.2, 0.25) is 11.8 Å². The van der Waals surface area contributed by atoms with Gasteiger partial charge in [-0.25, -0.2) is 0 Å². The maximum Gasteiger partial charge on any atom is 0.251 e. The molecular formula is C22H21N3O4. The number of ether oxygens (including phenoxy) is 1. The van der Waals surface area contributed by atoms with E-state index in [-0.39, 0.29) is 18.4 Å². The molecule has 3 amide bonds. The van der Waals surface area contributed by atoms with Crippen LogP contribution in [0.2, 0.25) is 0 Å². The molecule has 0 spiro atoms. The smallest absolute Gasteiger partial charge is 0.251 e. The molecule has 3 N–H and O–H groups in total. The molecule has 29 heavy (non-hydrogen) atoms. The van der Waals surface area contributed by atoms with Crippen LogP contribution in [0.3, 0.4) is 0 Å². The first-order valence-corrected chi connectivity index (χ1v) is 8.99. The molecule has 0 heterocycles. The molecule has 0 atom stereocenters. The topological polar surface area (TPSA) is 96.5 Å². The minimum Gasteiger partial charge on any atom is -0.495 e. The van der Waals surface area contributed by atoms with Gasteiger partial charge in [-0.15, -0.1) is 0 Å². The van der Waals surface area contributed by atoms with Gasteiger partial charge >= 0.3 is 0 Å². The van der Waals surface area contributed by atoms with Crippen LogP contribution in [0.15, 0.2) is 60.7 Å². The standard InChI is InChI=1S/C22H21N3O4/c1-14(26)24-19-12-18(9-10-20(19)29-2)25-21(27)13-23-22(28)17-8-7-15-5-3-4-6-16(15)11-17/h3-12H,13H2,1-2H3,(H,23,28)(H,24,26)(H,25,27). The molecule has 0 bridgehead atoms. The lowest BCUT2D eigenvalue weighted by Crippen LogP contribution is -2.32. The van der Waals surface area contributed by atoms with Gasteiger partial charge in [-0.2, -0.15) is 0 Å². The second-order valence-corrected chi connectivity index (χ2v) is 6.39.